The second kappa shape index (κ2) is 14.5. The van der Waals surface area contributed by atoms with Gasteiger partial charge in [0.1, 0.15) is 16.7 Å². The van der Waals surface area contributed by atoms with E-state index in [1.165, 1.54) is 19.2 Å². The van der Waals surface area contributed by atoms with Crippen LogP contribution >= 0.6 is 0 Å². The Balaban J connectivity index is 1.34. The van der Waals surface area contributed by atoms with Crippen LogP contribution in [0.4, 0.5) is 10.5 Å². The van der Waals surface area contributed by atoms with Gasteiger partial charge in [-0.1, -0.05) is 37.0 Å². The van der Waals surface area contributed by atoms with Crippen molar-refractivity contribution in [1.82, 2.24) is 9.71 Å². The fourth-order valence-corrected chi connectivity index (χ4v) is 6.75. The Hall–Kier alpha value is -4.79. The number of hydrogen-bond acceptors (Lipinski definition) is 7. The third kappa shape index (κ3) is 7.53. The van der Waals surface area contributed by atoms with Crippen molar-refractivity contribution in [1.29, 1.82) is 0 Å². The molecule has 240 valence electrons. The second-order valence-electron chi connectivity index (χ2n) is 11.1. The summed E-state index contributed by atoms with van der Waals surface area (Å²) in [7, 11) is -1.17. The Morgan fingerprint density at radius 1 is 1.02 bits per heavy atom. The van der Waals surface area contributed by atoms with Crippen LogP contribution in [-0.4, -0.2) is 52.3 Å². The summed E-state index contributed by atoms with van der Waals surface area (Å²) in [5.74, 6) is 5.17. The van der Waals surface area contributed by atoms with Crippen molar-refractivity contribution in [2.24, 2.45) is 0 Å². The van der Waals surface area contributed by atoms with Crippen LogP contribution in [0.3, 0.4) is 0 Å². The number of benzene rings is 3. The number of rotatable bonds is 10. The van der Waals surface area contributed by atoms with Crippen LogP contribution in [0.15, 0.2) is 71.8 Å². The van der Waals surface area contributed by atoms with E-state index in [2.05, 4.69) is 26.9 Å². The minimum Gasteiger partial charge on any atom is -0.496 e. The molecule has 5 rings (SSSR count). The monoisotopic (exact) mass is 643 g/mol. The average molecular weight is 644 g/mol. The Morgan fingerprint density at radius 3 is 2.57 bits per heavy atom. The van der Waals surface area contributed by atoms with E-state index in [9.17, 15) is 18.0 Å². The van der Waals surface area contributed by atoms with Crippen LogP contribution < -0.4 is 14.8 Å². The van der Waals surface area contributed by atoms with Crippen molar-refractivity contribution in [3.8, 4) is 17.6 Å². The van der Waals surface area contributed by atoms with E-state index in [0.717, 1.165) is 47.7 Å². The number of sulfonamides is 1. The zero-order valence-electron chi connectivity index (χ0n) is 26.0. The molecule has 0 saturated heterocycles. The number of hydrogen-bond donors (Lipinski definition) is 3. The molecule has 3 aromatic carbocycles. The molecule has 11 heteroatoms. The van der Waals surface area contributed by atoms with Gasteiger partial charge in [-0.3, -0.25) is 10.1 Å². The van der Waals surface area contributed by atoms with E-state index in [1.54, 1.807) is 37.4 Å². The van der Waals surface area contributed by atoms with Gasteiger partial charge < -0.3 is 19.2 Å². The number of carbonyl (C=O) groups excluding carboxylic acids is 2. The van der Waals surface area contributed by atoms with E-state index in [-0.39, 0.29) is 28.0 Å². The van der Waals surface area contributed by atoms with Gasteiger partial charge in [0.25, 0.3) is 15.9 Å². The number of nitrogens with one attached hydrogen (secondary N) is 3. The Bertz CT molecular complexity index is 1900. The molecule has 1 aliphatic rings. The summed E-state index contributed by atoms with van der Waals surface area (Å²) in [6, 6.07) is 16.7. The van der Waals surface area contributed by atoms with Gasteiger partial charge in [-0.15, -0.1) is 0 Å². The molecular formula is C35H37N3O7S. The first-order valence-corrected chi connectivity index (χ1v) is 16.6. The zero-order valence-corrected chi connectivity index (χ0v) is 26.8. The van der Waals surface area contributed by atoms with Gasteiger partial charge in [0.2, 0.25) is 0 Å². The van der Waals surface area contributed by atoms with E-state index in [0.29, 0.717) is 24.5 Å². The number of aromatic nitrogens is 1. The smallest absolute Gasteiger partial charge is 0.411 e. The highest BCUT2D eigenvalue weighted by Gasteiger charge is 2.24. The number of anilines is 1. The van der Waals surface area contributed by atoms with Gasteiger partial charge in [-0.25, -0.2) is 17.9 Å². The van der Waals surface area contributed by atoms with Crippen molar-refractivity contribution >= 4 is 38.6 Å². The summed E-state index contributed by atoms with van der Waals surface area (Å²) in [5, 5.41) is 3.75. The molecule has 1 unspecified atom stereocenters. The number of amides is 2. The predicted octanol–water partition coefficient (Wildman–Crippen LogP) is 6.33. The molecule has 0 spiro atoms. The molecule has 1 aliphatic carbocycles. The minimum absolute atomic E-state index is 0.0365. The third-order valence-electron chi connectivity index (χ3n) is 8.02. The fraction of sp³-hybridized carbons (Fsp3) is 0.314. The lowest BCUT2D eigenvalue weighted by atomic mass is 9.91. The first kappa shape index (κ1) is 32.6. The normalized spacial score (nSPS) is 13.9. The minimum atomic E-state index is -4.22. The number of fused-ring (bicyclic) bond motifs is 1. The molecule has 2 amide bonds. The molecular weight excluding hydrogens is 606 g/mol. The van der Waals surface area contributed by atoms with Crippen LogP contribution in [0.2, 0.25) is 0 Å². The van der Waals surface area contributed by atoms with Crippen molar-refractivity contribution < 1.29 is 32.2 Å². The lowest BCUT2D eigenvalue weighted by Crippen LogP contribution is -2.31. The quantitative estimate of drug-likeness (QED) is 0.136. The summed E-state index contributed by atoms with van der Waals surface area (Å²) in [6.45, 7) is 2.42. The summed E-state index contributed by atoms with van der Waals surface area (Å²) in [5.41, 5.74) is 3.64. The molecule has 0 aliphatic heterocycles. The Morgan fingerprint density at radius 2 is 1.80 bits per heavy atom. The van der Waals surface area contributed by atoms with E-state index in [4.69, 9.17) is 14.2 Å². The van der Waals surface area contributed by atoms with E-state index < -0.39 is 22.0 Å². The molecule has 3 N–H and O–H groups in total. The lowest BCUT2D eigenvalue weighted by molar-refractivity contribution is 0.0980. The number of carbonyl (C=O) groups is 2. The second-order valence-corrected chi connectivity index (χ2v) is 12.7. The SMILES string of the molecule is COCCC#Cc1ccccc1S(=O)(=O)NC(=O)c1ccc(C(C)c2c[nH]c3ccc(NC(=O)OC4CCCC4)cc23)c(OC)c1. The molecule has 1 fully saturated rings. The van der Waals surface area contributed by atoms with Gasteiger partial charge >= 0.3 is 6.09 Å². The fourth-order valence-electron chi connectivity index (χ4n) is 5.61. The van der Waals surface area contributed by atoms with Gasteiger partial charge in [-0.05, 0) is 73.7 Å². The van der Waals surface area contributed by atoms with Crippen LogP contribution in [0, 0.1) is 11.8 Å². The maximum atomic E-state index is 13.2. The molecule has 4 aromatic rings. The molecule has 1 aromatic heterocycles. The van der Waals surface area contributed by atoms with Crippen LogP contribution in [0.1, 0.15) is 72.0 Å². The maximum Gasteiger partial charge on any atom is 0.411 e. The maximum absolute atomic E-state index is 13.2. The average Bonchev–Trinajstić information content (AvgIpc) is 3.72. The molecule has 10 nitrogen and oxygen atoms in total. The van der Waals surface area contributed by atoms with Gasteiger partial charge in [-0.2, -0.15) is 0 Å². The number of ether oxygens (including phenoxy) is 3. The van der Waals surface area contributed by atoms with Crippen LogP contribution in [0.25, 0.3) is 10.9 Å². The van der Waals surface area contributed by atoms with Crippen molar-refractivity contribution in [3.63, 3.8) is 0 Å². The summed E-state index contributed by atoms with van der Waals surface area (Å²) in [4.78, 5) is 28.8. The van der Waals surface area contributed by atoms with E-state index >= 15 is 0 Å². The third-order valence-corrected chi connectivity index (χ3v) is 9.41. The highest BCUT2D eigenvalue weighted by molar-refractivity contribution is 7.90. The number of H-pyrrole nitrogens is 1. The summed E-state index contributed by atoms with van der Waals surface area (Å²) >= 11 is 0. The molecule has 46 heavy (non-hydrogen) atoms. The number of aromatic amines is 1. The summed E-state index contributed by atoms with van der Waals surface area (Å²) < 4.78 is 44.8. The summed E-state index contributed by atoms with van der Waals surface area (Å²) in [6.07, 6.45) is 5.77. The zero-order chi connectivity index (χ0) is 32.7. The van der Waals surface area contributed by atoms with Gasteiger partial charge in [0.05, 0.1) is 13.7 Å². The van der Waals surface area contributed by atoms with Crippen molar-refractivity contribution in [2.45, 2.75) is 55.9 Å². The lowest BCUT2D eigenvalue weighted by Gasteiger charge is -2.17. The molecule has 1 heterocycles. The van der Waals surface area contributed by atoms with Crippen molar-refractivity contribution in [3.05, 3.63) is 89.1 Å². The molecule has 0 radical (unpaired) electrons. The van der Waals surface area contributed by atoms with Gasteiger partial charge in [0, 0.05) is 58.9 Å². The topological polar surface area (TPSA) is 136 Å². The van der Waals surface area contributed by atoms with Crippen LogP contribution in [-0.2, 0) is 19.5 Å². The Kier molecular flexibility index (Phi) is 10.3. The van der Waals surface area contributed by atoms with E-state index in [1.807, 2.05) is 31.3 Å². The van der Waals surface area contributed by atoms with Crippen molar-refractivity contribution in [2.75, 3.05) is 26.1 Å². The molecule has 1 atom stereocenters. The number of methoxy groups -OCH3 is 2. The molecule has 1 saturated carbocycles. The molecule has 0 bridgehead atoms. The first-order valence-electron chi connectivity index (χ1n) is 15.1. The standard InChI is InChI=1S/C35H37N3O7S/c1-23(30-22-36-31-18-16-26(21-29(30)31)37-35(40)45-27-12-5-6-13-27)28-17-15-25(20-32(28)44-3)34(39)38-46(41,42)33-14-7-4-10-24(33)11-8-9-19-43-2/h4,7,10,14-18,20-23,27,36H,5-6,9,12-13,19H2,1-3H3,(H,37,40)(H,38,39). The Labute approximate surface area is 268 Å². The highest BCUT2D eigenvalue weighted by Crippen LogP contribution is 2.37. The first-order chi connectivity index (χ1) is 22.2. The largest absolute Gasteiger partial charge is 0.496 e. The van der Waals surface area contributed by atoms with Gasteiger partial charge in [0.15, 0.2) is 0 Å². The highest BCUT2D eigenvalue weighted by atomic mass is 32.2. The predicted molar refractivity (Wildman–Crippen MR) is 176 cm³/mol. The van der Waals surface area contributed by atoms with Crippen LogP contribution in [0.5, 0.6) is 5.75 Å².